The van der Waals surface area contributed by atoms with Crippen molar-refractivity contribution in [1.82, 2.24) is 4.90 Å². The van der Waals surface area contributed by atoms with Crippen molar-refractivity contribution in [1.29, 1.82) is 0 Å². The Labute approximate surface area is 130 Å². The molecule has 1 fully saturated rings. The van der Waals surface area contributed by atoms with Crippen molar-refractivity contribution in [2.24, 2.45) is 11.7 Å². The van der Waals surface area contributed by atoms with Crippen LogP contribution in [0, 0.1) is 5.92 Å². The summed E-state index contributed by atoms with van der Waals surface area (Å²) < 4.78 is 1.01. The van der Waals surface area contributed by atoms with Crippen LogP contribution in [0.3, 0.4) is 0 Å². The van der Waals surface area contributed by atoms with Crippen molar-refractivity contribution in [3.8, 4) is 5.75 Å². The number of phenolic OH excluding ortho intramolecular Hbond substituents is 1. The van der Waals surface area contributed by atoms with Gasteiger partial charge in [0.05, 0.1) is 0 Å². The molecule has 1 aliphatic heterocycles. The molecular formula is C16H25BrN2O. The van der Waals surface area contributed by atoms with Gasteiger partial charge in [-0.2, -0.15) is 0 Å². The number of benzene rings is 1. The zero-order valence-corrected chi connectivity index (χ0v) is 13.9. The molecule has 0 aromatic heterocycles. The lowest BCUT2D eigenvalue weighted by atomic mass is 9.89. The second kappa shape index (κ2) is 6.92. The fraction of sp³-hybridized carbons (Fsp3) is 0.625. The third-order valence-electron chi connectivity index (χ3n) is 4.43. The van der Waals surface area contributed by atoms with Gasteiger partial charge < -0.3 is 10.8 Å². The lowest BCUT2D eigenvalue weighted by Crippen LogP contribution is -2.47. The number of rotatable bonds is 4. The van der Waals surface area contributed by atoms with Crippen LogP contribution in [0.5, 0.6) is 5.75 Å². The first-order valence-corrected chi connectivity index (χ1v) is 8.30. The first kappa shape index (κ1) is 15.8. The molecule has 0 aliphatic carbocycles. The summed E-state index contributed by atoms with van der Waals surface area (Å²) in [7, 11) is 0. The number of nitrogens with two attached hydrogens (primary N) is 1. The summed E-state index contributed by atoms with van der Waals surface area (Å²) in [6, 6.07) is 6.35. The molecule has 3 nitrogen and oxygen atoms in total. The molecule has 0 radical (unpaired) electrons. The second-order valence-electron chi connectivity index (χ2n) is 5.88. The maximum Gasteiger partial charge on any atom is 0.120 e. The third kappa shape index (κ3) is 3.35. The number of phenols is 1. The molecule has 1 saturated heterocycles. The lowest BCUT2D eigenvalue weighted by molar-refractivity contribution is 0.0722. The molecule has 1 aliphatic rings. The molecule has 112 valence electrons. The van der Waals surface area contributed by atoms with E-state index in [1.54, 1.807) is 6.07 Å². The van der Waals surface area contributed by atoms with Gasteiger partial charge in [-0.3, -0.25) is 4.90 Å². The maximum atomic E-state index is 10.2. The molecule has 3 atom stereocenters. The normalized spacial score (nSPS) is 25.6. The molecule has 2 rings (SSSR count). The fourth-order valence-electron chi connectivity index (χ4n) is 3.34. The topological polar surface area (TPSA) is 49.5 Å². The highest BCUT2D eigenvalue weighted by atomic mass is 79.9. The van der Waals surface area contributed by atoms with Crippen LogP contribution in [0.2, 0.25) is 0 Å². The van der Waals surface area contributed by atoms with Crippen LogP contribution in [0.15, 0.2) is 22.7 Å². The van der Waals surface area contributed by atoms with Crippen LogP contribution in [-0.4, -0.2) is 29.1 Å². The van der Waals surface area contributed by atoms with Crippen molar-refractivity contribution >= 4 is 15.9 Å². The Hall–Kier alpha value is -0.580. The number of likely N-dealkylation sites (tertiary alicyclic amines) is 1. The van der Waals surface area contributed by atoms with E-state index < -0.39 is 0 Å². The molecule has 3 unspecified atom stereocenters. The van der Waals surface area contributed by atoms with Crippen molar-refractivity contribution in [3.63, 3.8) is 0 Å². The average molecular weight is 341 g/mol. The average Bonchev–Trinajstić information content (AvgIpc) is 2.44. The van der Waals surface area contributed by atoms with Crippen molar-refractivity contribution < 1.29 is 5.11 Å². The molecule has 0 spiro atoms. The van der Waals surface area contributed by atoms with E-state index in [0.717, 1.165) is 35.3 Å². The summed E-state index contributed by atoms with van der Waals surface area (Å²) in [5.41, 5.74) is 6.99. The summed E-state index contributed by atoms with van der Waals surface area (Å²) in [6.07, 6.45) is 3.35. The first-order chi connectivity index (χ1) is 9.56. The van der Waals surface area contributed by atoms with Gasteiger partial charge in [-0.25, -0.2) is 0 Å². The Morgan fingerprint density at radius 2 is 2.25 bits per heavy atom. The lowest BCUT2D eigenvalue weighted by Gasteiger charge is -2.43. The van der Waals surface area contributed by atoms with Gasteiger partial charge in [0, 0.05) is 28.7 Å². The number of piperidine rings is 1. The highest BCUT2D eigenvalue weighted by Gasteiger charge is 2.31. The van der Waals surface area contributed by atoms with Crippen LogP contribution in [0.4, 0.5) is 0 Å². The van der Waals surface area contributed by atoms with E-state index in [4.69, 9.17) is 5.73 Å². The van der Waals surface area contributed by atoms with E-state index in [9.17, 15) is 5.11 Å². The Morgan fingerprint density at radius 3 is 2.90 bits per heavy atom. The molecule has 0 saturated carbocycles. The molecule has 20 heavy (non-hydrogen) atoms. The van der Waals surface area contributed by atoms with Gasteiger partial charge >= 0.3 is 0 Å². The molecule has 1 aromatic rings. The van der Waals surface area contributed by atoms with E-state index in [-0.39, 0.29) is 6.04 Å². The van der Waals surface area contributed by atoms with Crippen molar-refractivity contribution in [2.45, 2.75) is 45.2 Å². The number of aromatic hydroxyl groups is 1. The highest BCUT2D eigenvalue weighted by Crippen LogP contribution is 2.37. The monoisotopic (exact) mass is 340 g/mol. The maximum absolute atomic E-state index is 10.2. The SMILES string of the molecule is CCC(c1cc(Br)ccc1O)N1CCC(C)CC1CN. The molecule has 3 N–H and O–H groups in total. The predicted molar refractivity (Wildman–Crippen MR) is 86.8 cm³/mol. The number of halogens is 1. The Balaban J connectivity index is 2.28. The fourth-order valence-corrected chi connectivity index (χ4v) is 3.72. The van der Waals surface area contributed by atoms with Gasteiger partial charge in [-0.1, -0.05) is 29.8 Å². The van der Waals surface area contributed by atoms with E-state index in [2.05, 4.69) is 34.7 Å². The van der Waals surface area contributed by atoms with Gasteiger partial charge in [-0.05, 0) is 49.9 Å². The Morgan fingerprint density at radius 1 is 1.50 bits per heavy atom. The standard InChI is InChI=1S/C16H25BrN2O/c1-3-15(14-9-12(17)4-5-16(14)20)19-7-6-11(2)8-13(19)10-18/h4-5,9,11,13,15,20H,3,6-8,10,18H2,1-2H3. The van der Waals surface area contributed by atoms with Crippen LogP contribution in [-0.2, 0) is 0 Å². The predicted octanol–water partition coefficient (Wildman–Crippen LogP) is 3.67. The van der Waals surface area contributed by atoms with E-state index in [1.165, 1.54) is 6.42 Å². The summed E-state index contributed by atoms with van der Waals surface area (Å²) in [4.78, 5) is 2.49. The van der Waals surface area contributed by atoms with Crippen LogP contribution < -0.4 is 5.73 Å². The minimum atomic E-state index is 0.244. The largest absolute Gasteiger partial charge is 0.508 e. The first-order valence-electron chi connectivity index (χ1n) is 7.51. The zero-order valence-electron chi connectivity index (χ0n) is 12.3. The summed E-state index contributed by atoms with van der Waals surface area (Å²) in [6.45, 7) is 6.23. The molecule has 0 bridgehead atoms. The highest BCUT2D eigenvalue weighted by molar-refractivity contribution is 9.10. The van der Waals surface area contributed by atoms with Crippen LogP contribution in [0.1, 0.15) is 44.7 Å². The van der Waals surface area contributed by atoms with Gasteiger partial charge in [0.1, 0.15) is 5.75 Å². The van der Waals surface area contributed by atoms with Gasteiger partial charge in [0.2, 0.25) is 0 Å². The summed E-state index contributed by atoms with van der Waals surface area (Å²) in [5.74, 6) is 1.13. The van der Waals surface area contributed by atoms with E-state index in [0.29, 0.717) is 18.3 Å². The number of nitrogens with zero attached hydrogens (tertiary/aromatic N) is 1. The van der Waals surface area contributed by atoms with Gasteiger partial charge in [-0.15, -0.1) is 0 Å². The van der Waals surface area contributed by atoms with Crippen LogP contribution >= 0.6 is 15.9 Å². The quantitative estimate of drug-likeness (QED) is 0.879. The zero-order chi connectivity index (χ0) is 14.7. The van der Waals surface area contributed by atoms with Gasteiger partial charge in [0.15, 0.2) is 0 Å². The molecule has 1 heterocycles. The van der Waals surface area contributed by atoms with Crippen molar-refractivity contribution in [2.75, 3.05) is 13.1 Å². The van der Waals surface area contributed by atoms with E-state index in [1.807, 2.05) is 12.1 Å². The summed E-state index contributed by atoms with van der Waals surface area (Å²) >= 11 is 3.51. The summed E-state index contributed by atoms with van der Waals surface area (Å²) in [5, 5.41) is 10.2. The van der Waals surface area contributed by atoms with Gasteiger partial charge in [0.25, 0.3) is 0 Å². The molecule has 1 aromatic carbocycles. The van der Waals surface area contributed by atoms with Crippen LogP contribution in [0.25, 0.3) is 0 Å². The van der Waals surface area contributed by atoms with E-state index >= 15 is 0 Å². The minimum Gasteiger partial charge on any atom is -0.508 e. The smallest absolute Gasteiger partial charge is 0.120 e. The van der Waals surface area contributed by atoms with Crippen molar-refractivity contribution in [3.05, 3.63) is 28.2 Å². The molecule has 0 amide bonds. The third-order valence-corrected chi connectivity index (χ3v) is 4.92. The number of hydrogen-bond donors (Lipinski definition) is 2. The molecule has 4 heteroatoms. The number of hydrogen-bond acceptors (Lipinski definition) is 3. The minimum absolute atomic E-state index is 0.244. The second-order valence-corrected chi connectivity index (χ2v) is 6.80. The molecular weight excluding hydrogens is 316 g/mol. The Kier molecular flexibility index (Phi) is 5.47. The Bertz CT molecular complexity index is 452.